The average Bonchev–Trinajstić information content (AvgIpc) is 3.37. The van der Waals surface area contributed by atoms with Gasteiger partial charge in [-0.25, -0.2) is 8.42 Å². The predicted octanol–water partition coefficient (Wildman–Crippen LogP) is 5.02. The molecule has 0 amide bonds. The minimum Gasteiger partial charge on any atom is -0.495 e. The molecular formula is C24H19N5O8S. The Morgan fingerprint density at radius 2 is 1.66 bits per heavy atom. The Balaban J connectivity index is 1.50. The number of nitro groups is 2. The first-order valence-corrected chi connectivity index (χ1v) is 12.2. The smallest absolute Gasteiger partial charge is 0.295 e. The molecule has 0 aliphatic heterocycles. The van der Waals surface area contributed by atoms with Crippen LogP contribution in [0.25, 0.3) is 11.3 Å². The lowest BCUT2D eigenvalue weighted by atomic mass is 10.1. The number of nitrogens with zero attached hydrogens (tertiary/aromatic N) is 3. The average molecular weight is 538 g/mol. The third kappa shape index (κ3) is 5.76. The molecule has 0 saturated heterocycles. The maximum Gasteiger partial charge on any atom is 0.295 e. The van der Waals surface area contributed by atoms with E-state index in [0.717, 1.165) is 6.07 Å². The highest BCUT2D eigenvalue weighted by atomic mass is 32.2. The monoisotopic (exact) mass is 537 g/mol. The van der Waals surface area contributed by atoms with Gasteiger partial charge in [0, 0.05) is 23.8 Å². The van der Waals surface area contributed by atoms with E-state index in [2.05, 4.69) is 15.2 Å². The number of non-ortho nitro benzene ring substituents is 1. The van der Waals surface area contributed by atoms with Crippen molar-refractivity contribution in [1.82, 2.24) is 0 Å². The van der Waals surface area contributed by atoms with Crippen LogP contribution in [0.4, 0.5) is 22.7 Å². The second-order valence-corrected chi connectivity index (χ2v) is 9.30. The number of furan rings is 1. The Kier molecular flexibility index (Phi) is 7.34. The van der Waals surface area contributed by atoms with Gasteiger partial charge in [0.15, 0.2) is 0 Å². The summed E-state index contributed by atoms with van der Waals surface area (Å²) in [5.41, 5.74) is 2.68. The normalized spacial score (nSPS) is 11.3. The minimum absolute atomic E-state index is 0.0513. The van der Waals surface area contributed by atoms with E-state index in [4.69, 9.17) is 9.15 Å². The number of nitrogens with one attached hydrogen (secondary N) is 2. The van der Waals surface area contributed by atoms with Crippen LogP contribution in [0.15, 0.2) is 93.3 Å². The highest BCUT2D eigenvalue weighted by Gasteiger charge is 2.22. The summed E-state index contributed by atoms with van der Waals surface area (Å²) in [6.45, 7) is 0. The molecule has 13 nitrogen and oxygen atoms in total. The summed E-state index contributed by atoms with van der Waals surface area (Å²) < 4.78 is 38.8. The number of sulfonamides is 1. The number of ether oxygens (including phenoxy) is 1. The predicted molar refractivity (Wildman–Crippen MR) is 139 cm³/mol. The molecule has 3 aromatic carbocycles. The fourth-order valence-electron chi connectivity index (χ4n) is 3.35. The molecule has 2 N–H and O–H groups in total. The Morgan fingerprint density at radius 1 is 0.921 bits per heavy atom. The Labute approximate surface area is 215 Å². The number of methoxy groups -OCH3 is 1. The van der Waals surface area contributed by atoms with Crippen LogP contribution in [-0.2, 0) is 10.0 Å². The van der Waals surface area contributed by atoms with Gasteiger partial charge in [-0.05, 0) is 48.5 Å². The quantitative estimate of drug-likeness (QED) is 0.160. The molecule has 38 heavy (non-hydrogen) atoms. The summed E-state index contributed by atoms with van der Waals surface area (Å²) in [4.78, 5) is 20.9. The van der Waals surface area contributed by atoms with Crippen molar-refractivity contribution in [1.29, 1.82) is 0 Å². The van der Waals surface area contributed by atoms with Gasteiger partial charge in [-0.3, -0.25) is 30.4 Å². The summed E-state index contributed by atoms with van der Waals surface area (Å²) in [6.07, 6.45) is 1.27. The highest BCUT2D eigenvalue weighted by Crippen LogP contribution is 2.31. The lowest BCUT2D eigenvalue weighted by Crippen LogP contribution is -2.14. The molecule has 4 rings (SSSR count). The fraction of sp³-hybridized carbons (Fsp3) is 0.0417. The largest absolute Gasteiger partial charge is 0.495 e. The van der Waals surface area contributed by atoms with Crippen LogP contribution in [0, 0.1) is 20.2 Å². The number of nitro benzene ring substituents is 2. The summed E-state index contributed by atoms with van der Waals surface area (Å²) >= 11 is 0. The van der Waals surface area contributed by atoms with Gasteiger partial charge in [-0.2, -0.15) is 5.10 Å². The number of rotatable bonds is 10. The maximum atomic E-state index is 12.8. The molecule has 0 bridgehead atoms. The van der Waals surface area contributed by atoms with Crippen molar-refractivity contribution < 1.29 is 27.4 Å². The summed E-state index contributed by atoms with van der Waals surface area (Å²) in [5.74, 6) is 1.02. The van der Waals surface area contributed by atoms with Crippen LogP contribution >= 0.6 is 0 Å². The molecule has 194 valence electrons. The number of hydrazone groups is 1. The Bertz CT molecular complexity index is 1630. The number of anilines is 2. The molecule has 14 heteroatoms. The van der Waals surface area contributed by atoms with E-state index < -0.39 is 25.6 Å². The molecule has 0 unspecified atom stereocenters. The van der Waals surface area contributed by atoms with Crippen molar-refractivity contribution in [2.45, 2.75) is 4.90 Å². The van der Waals surface area contributed by atoms with Crippen molar-refractivity contribution >= 4 is 39.0 Å². The zero-order valence-electron chi connectivity index (χ0n) is 19.6. The van der Waals surface area contributed by atoms with E-state index in [-0.39, 0.29) is 27.7 Å². The fourth-order valence-corrected chi connectivity index (χ4v) is 4.44. The molecule has 0 saturated carbocycles. The molecule has 0 spiro atoms. The molecule has 0 atom stereocenters. The summed E-state index contributed by atoms with van der Waals surface area (Å²) in [7, 11) is -2.78. The summed E-state index contributed by atoms with van der Waals surface area (Å²) in [5, 5.41) is 26.4. The van der Waals surface area contributed by atoms with Crippen LogP contribution in [0.5, 0.6) is 5.75 Å². The number of benzene rings is 3. The lowest BCUT2D eigenvalue weighted by Gasteiger charge is -2.12. The minimum atomic E-state index is -4.17. The summed E-state index contributed by atoms with van der Waals surface area (Å²) in [6, 6.07) is 18.7. The van der Waals surface area contributed by atoms with Crippen molar-refractivity contribution in [3.05, 3.63) is 105 Å². The van der Waals surface area contributed by atoms with E-state index >= 15 is 0 Å². The van der Waals surface area contributed by atoms with Gasteiger partial charge in [0.05, 0.1) is 33.8 Å². The third-order valence-electron chi connectivity index (χ3n) is 5.19. The molecular weight excluding hydrogens is 518 g/mol. The number of hydrogen-bond acceptors (Lipinski definition) is 10. The zero-order valence-corrected chi connectivity index (χ0v) is 20.4. The third-order valence-corrected chi connectivity index (χ3v) is 6.56. The number of para-hydroxylation sites is 2. The van der Waals surface area contributed by atoms with Gasteiger partial charge in [0.1, 0.15) is 23.0 Å². The molecule has 0 aliphatic carbocycles. The van der Waals surface area contributed by atoms with E-state index in [9.17, 15) is 28.6 Å². The SMILES string of the molecule is COc1ccccc1NS(=O)(=O)c1ccc(NN=Cc2ccc(-c3ccc([N+](=O)[O-])cc3)o2)c([N+](=O)[O-])c1. The van der Waals surface area contributed by atoms with Gasteiger partial charge < -0.3 is 9.15 Å². The van der Waals surface area contributed by atoms with Crippen molar-refractivity contribution in [2.75, 3.05) is 17.3 Å². The van der Waals surface area contributed by atoms with Gasteiger partial charge >= 0.3 is 0 Å². The first-order valence-electron chi connectivity index (χ1n) is 10.8. The highest BCUT2D eigenvalue weighted by molar-refractivity contribution is 7.92. The van der Waals surface area contributed by atoms with Crippen molar-refractivity contribution in [3.8, 4) is 17.1 Å². The van der Waals surface area contributed by atoms with Crippen LogP contribution in [0.3, 0.4) is 0 Å². The molecule has 0 fully saturated rings. The molecule has 1 aromatic heterocycles. The first-order chi connectivity index (χ1) is 18.2. The Hall–Kier alpha value is -5.24. The lowest BCUT2D eigenvalue weighted by molar-refractivity contribution is -0.384. The molecule has 1 heterocycles. The molecule has 0 radical (unpaired) electrons. The first kappa shape index (κ1) is 25.8. The van der Waals surface area contributed by atoms with Gasteiger partial charge in [-0.15, -0.1) is 0 Å². The number of hydrogen-bond donors (Lipinski definition) is 2. The van der Waals surface area contributed by atoms with Crippen LogP contribution in [0.1, 0.15) is 5.76 Å². The van der Waals surface area contributed by atoms with Gasteiger partial charge in [-0.1, -0.05) is 12.1 Å². The van der Waals surface area contributed by atoms with E-state index in [1.54, 1.807) is 30.3 Å². The van der Waals surface area contributed by atoms with E-state index in [0.29, 0.717) is 17.1 Å². The zero-order chi connectivity index (χ0) is 27.3. The van der Waals surface area contributed by atoms with Crippen molar-refractivity contribution in [3.63, 3.8) is 0 Å². The standard InChI is InChI=1S/C24H19N5O8S/c1-36-24-5-3-2-4-21(24)27-38(34,35)19-11-12-20(22(14-19)29(32)33)26-25-15-18-10-13-23(37-18)16-6-8-17(9-7-16)28(30)31/h2-15,26-27H,1H3. The van der Waals surface area contributed by atoms with Crippen LogP contribution in [-0.4, -0.2) is 31.6 Å². The van der Waals surface area contributed by atoms with Gasteiger partial charge in [0.2, 0.25) is 0 Å². The molecule has 4 aromatic rings. The molecule has 0 aliphatic rings. The Morgan fingerprint density at radius 3 is 2.34 bits per heavy atom. The van der Waals surface area contributed by atoms with Gasteiger partial charge in [0.25, 0.3) is 21.4 Å². The van der Waals surface area contributed by atoms with E-state index in [1.165, 1.54) is 55.8 Å². The van der Waals surface area contributed by atoms with Crippen LogP contribution < -0.4 is 14.9 Å². The second kappa shape index (κ2) is 10.8. The van der Waals surface area contributed by atoms with E-state index in [1.807, 2.05) is 0 Å². The topological polar surface area (TPSA) is 179 Å². The van der Waals surface area contributed by atoms with Crippen LogP contribution in [0.2, 0.25) is 0 Å². The maximum absolute atomic E-state index is 12.8. The van der Waals surface area contributed by atoms with Crippen molar-refractivity contribution in [2.24, 2.45) is 5.10 Å². The second-order valence-electron chi connectivity index (χ2n) is 7.62.